The van der Waals surface area contributed by atoms with Crippen molar-refractivity contribution in [2.75, 3.05) is 19.3 Å². The Morgan fingerprint density at radius 3 is 3.27 bits per heavy atom. The Balaban J connectivity index is 2.04. The lowest BCUT2D eigenvalue weighted by Crippen LogP contribution is -2.07. The third kappa shape index (κ3) is 3.43. The summed E-state index contributed by atoms with van der Waals surface area (Å²) in [4.78, 5) is 3.99. The van der Waals surface area contributed by atoms with Crippen molar-refractivity contribution in [2.45, 2.75) is 11.6 Å². The fourth-order valence-electron chi connectivity index (χ4n) is 0.690. The molecule has 1 heterocycles. The highest BCUT2D eigenvalue weighted by Gasteiger charge is 1.95. The third-order valence-electron chi connectivity index (χ3n) is 1.21. The molecule has 0 atom stereocenters. The van der Waals surface area contributed by atoms with Gasteiger partial charge in [0.05, 0.1) is 6.20 Å². The molecule has 0 spiro atoms. The Bertz CT molecular complexity index is 177. The minimum absolute atomic E-state index is 0.765. The van der Waals surface area contributed by atoms with Crippen molar-refractivity contribution in [3.8, 4) is 0 Å². The van der Waals surface area contributed by atoms with Crippen LogP contribution in [0.1, 0.15) is 6.42 Å². The van der Waals surface area contributed by atoms with Crippen molar-refractivity contribution in [1.29, 1.82) is 0 Å². The van der Waals surface area contributed by atoms with E-state index < -0.39 is 0 Å². The van der Waals surface area contributed by atoms with Gasteiger partial charge in [-0.15, -0.1) is 0 Å². The number of nitrogens with zero attached hydrogens (tertiary/aromatic N) is 1. The molecule has 0 amide bonds. The first-order chi connectivity index (χ1) is 5.43. The SMILES string of the molecule is CNCCCSc1ncco1. The Hall–Kier alpha value is -0.480. The molecule has 0 radical (unpaired) electrons. The van der Waals surface area contributed by atoms with E-state index in [1.807, 2.05) is 7.05 Å². The number of aromatic nitrogens is 1. The smallest absolute Gasteiger partial charge is 0.255 e. The van der Waals surface area contributed by atoms with Gasteiger partial charge in [-0.3, -0.25) is 0 Å². The van der Waals surface area contributed by atoms with Gasteiger partial charge in [0, 0.05) is 5.75 Å². The molecule has 1 aromatic heterocycles. The van der Waals surface area contributed by atoms with Gasteiger partial charge in [-0.05, 0) is 20.0 Å². The predicted octanol–water partition coefficient (Wildman–Crippen LogP) is 1.38. The van der Waals surface area contributed by atoms with Crippen molar-refractivity contribution in [3.63, 3.8) is 0 Å². The summed E-state index contributed by atoms with van der Waals surface area (Å²) in [6, 6.07) is 0. The van der Waals surface area contributed by atoms with E-state index in [0.717, 1.165) is 23.9 Å². The zero-order chi connectivity index (χ0) is 7.94. The van der Waals surface area contributed by atoms with Crippen LogP contribution in [0.4, 0.5) is 0 Å². The Morgan fingerprint density at radius 1 is 1.73 bits per heavy atom. The number of hydrogen-bond acceptors (Lipinski definition) is 4. The summed E-state index contributed by atoms with van der Waals surface area (Å²) < 4.78 is 5.05. The monoisotopic (exact) mass is 172 g/mol. The van der Waals surface area contributed by atoms with Gasteiger partial charge in [-0.25, -0.2) is 4.98 Å². The lowest BCUT2D eigenvalue weighted by atomic mass is 10.5. The van der Waals surface area contributed by atoms with Crippen molar-refractivity contribution in [1.82, 2.24) is 10.3 Å². The average molecular weight is 172 g/mol. The molecule has 0 fully saturated rings. The molecule has 3 nitrogen and oxygen atoms in total. The molecule has 1 rings (SSSR count). The largest absolute Gasteiger partial charge is 0.440 e. The maximum Gasteiger partial charge on any atom is 0.255 e. The molecule has 0 bridgehead atoms. The van der Waals surface area contributed by atoms with E-state index in [4.69, 9.17) is 4.42 Å². The Kier molecular flexibility index (Phi) is 4.08. The van der Waals surface area contributed by atoms with Crippen molar-refractivity contribution >= 4 is 11.8 Å². The van der Waals surface area contributed by atoms with Crippen molar-refractivity contribution in [2.24, 2.45) is 0 Å². The van der Waals surface area contributed by atoms with Crippen LogP contribution in [-0.2, 0) is 0 Å². The molecule has 0 aliphatic rings. The number of hydrogen-bond donors (Lipinski definition) is 1. The molecule has 1 N–H and O–H groups in total. The van der Waals surface area contributed by atoms with E-state index in [1.165, 1.54) is 0 Å². The van der Waals surface area contributed by atoms with Crippen LogP contribution in [-0.4, -0.2) is 24.3 Å². The molecule has 0 saturated carbocycles. The maximum atomic E-state index is 5.05. The second-order valence-corrected chi connectivity index (χ2v) is 3.15. The van der Waals surface area contributed by atoms with E-state index in [1.54, 1.807) is 24.2 Å². The fourth-order valence-corrected chi connectivity index (χ4v) is 1.41. The average Bonchev–Trinajstić information content (AvgIpc) is 2.50. The Morgan fingerprint density at radius 2 is 2.64 bits per heavy atom. The number of thioether (sulfide) groups is 1. The molecule has 0 aliphatic heterocycles. The van der Waals surface area contributed by atoms with Crippen LogP contribution in [0.2, 0.25) is 0 Å². The van der Waals surface area contributed by atoms with Crippen LogP contribution in [0.25, 0.3) is 0 Å². The first-order valence-corrected chi connectivity index (χ1v) is 4.59. The van der Waals surface area contributed by atoms with E-state index in [-0.39, 0.29) is 0 Å². The standard InChI is InChI=1S/C7H12N2OS/c1-8-3-2-6-11-7-9-4-5-10-7/h4-5,8H,2-3,6H2,1H3. The van der Waals surface area contributed by atoms with Crippen LogP contribution < -0.4 is 5.32 Å². The van der Waals surface area contributed by atoms with Gasteiger partial charge >= 0.3 is 0 Å². The summed E-state index contributed by atoms with van der Waals surface area (Å²) in [6.45, 7) is 1.05. The van der Waals surface area contributed by atoms with Gasteiger partial charge in [-0.2, -0.15) is 0 Å². The molecule has 0 unspecified atom stereocenters. The Labute approximate surface area is 70.6 Å². The van der Waals surface area contributed by atoms with Crippen LogP contribution >= 0.6 is 11.8 Å². The van der Waals surface area contributed by atoms with Gasteiger partial charge in [0.2, 0.25) is 0 Å². The first kappa shape index (κ1) is 8.62. The van der Waals surface area contributed by atoms with E-state index in [2.05, 4.69) is 10.3 Å². The van der Waals surface area contributed by atoms with Crippen molar-refractivity contribution in [3.05, 3.63) is 12.5 Å². The van der Waals surface area contributed by atoms with Crippen molar-refractivity contribution < 1.29 is 4.42 Å². The highest BCUT2D eigenvalue weighted by atomic mass is 32.2. The number of oxazole rings is 1. The summed E-state index contributed by atoms with van der Waals surface area (Å²) in [7, 11) is 1.95. The van der Waals surface area contributed by atoms with E-state index in [9.17, 15) is 0 Å². The quantitative estimate of drug-likeness (QED) is 0.538. The minimum Gasteiger partial charge on any atom is -0.440 e. The molecule has 0 saturated heterocycles. The molecule has 11 heavy (non-hydrogen) atoms. The van der Waals surface area contributed by atoms with E-state index >= 15 is 0 Å². The molecule has 0 aliphatic carbocycles. The number of rotatable bonds is 5. The van der Waals surface area contributed by atoms with E-state index in [0.29, 0.717) is 0 Å². The molecule has 1 aromatic rings. The third-order valence-corrected chi connectivity index (χ3v) is 2.15. The van der Waals surface area contributed by atoms with Gasteiger partial charge in [0.25, 0.3) is 5.22 Å². The van der Waals surface area contributed by atoms with Gasteiger partial charge in [-0.1, -0.05) is 11.8 Å². The summed E-state index contributed by atoms with van der Waals surface area (Å²) >= 11 is 1.65. The topological polar surface area (TPSA) is 38.1 Å². The zero-order valence-electron chi connectivity index (χ0n) is 6.54. The fraction of sp³-hybridized carbons (Fsp3) is 0.571. The summed E-state index contributed by atoms with van der Waals surface area (Å²) in [5.41, 5.74) is 0. The minimum atomic E-state index is 0.765. The molecular weight excluding hydrogens is 160 g/mol. The lowest BCUT2D eigenvalue weighted by molar-refractivity contribution is 0.454. The summed E-state index contributed by atoms with van der Waals surface area (Å²) in [5, 5.41) is 3.85. The normalized spacial score (nSPS) is 10.3. The summed E-state index contributed by atoms with van der Waals surface area (Å²) in [6.07, 6.45) is 4.41. The van der Waals surface area contributed by atoms with Gasteiger partial charge < -0.3 is 9.73 Å². The van der Waals surface area contributed by atoms with Crippen LogP contribution in [0.15, 0.2) is 22.1 Å². The lowest BCUT2D eigenvalue weighted by Gasteiger charge is -1.95. The van der Waals surface area contributed by atoms with Gasteiger partial charge in [0.1, 0.15) is 6.26 Å². The van der Waals surface area contributed by atoms with Crippen LogP contribution in [0.3, 0.4) is 0 Å². The second kappa shape index (κ2) is 5.21. The molecular formula is C7H12N2OS. The maximum absolute atomic E-state index is 5.05. The highest BCUT2D eigenvalue weighted by Crippen LogP contribution is 2.14. The zero-order valence-corrected chi connectivity index (χ0v) is 7.36. The highest BCUT2D eigenvalue weighted by molar-refractivity contribution is 7.99. The van der Waals surface area contributed by atoms with Crippen LogP contribution in [0, 0.1) is 0 Å². The van der Waals surface area contributed by atoms with Gasteiger partial charge in [0.15, 0.2) is 0 Å². The van der Waals surface area contributed by atoms with Crippen LogP contribution in [0.5, 0.6) is 0 Å². The predicted molar refractivity (Wildman–Crippen MR) is 45.8 cm³/mol. The second-order valence-electron chi connectivity index (χ2n) is 2.10. The first-order valence-electron chi connectivity index (χ1n) is 3.60. The molecule has 62 valence electrons. The number of nitrogens with one attached hydrogen (secondary N) is 1. The summed E-state index contributed by atoms with van der Waals surface area (Å²) in [5.74, 6) is 1.06. The molecule has 0 aromatic carbocycles. The molecule has 4 heteroatoms.